The number of ether oxygens (including phenoxy) is 2. The first-order chi connectivity index (χ1) is 12.8. The van der Waals surface area contributed by atoms with Crippen molar-refractivity contribution in [2.45, 2.75) is 68.7 Å². The summed E-state index contributed by atoms with van der Waals surface area (Å²) >= 11 is 2.48. The third kappa shape index (κ3) is 8.03. The molecule has 0 fully saturated rings. The molecule has 0 saturated heterocycles. The number of esters is 1. The zero-order valence-electron chi connectivity index (χ0n) is 15.8. The molecule has 0 bridgehead atoms. The molecule has 0 aromatic heterocycles. The highest BCUT2D eigenvalue weighted by atomic mass is 32.1. The Balaban J connectivity index is 5.43. The first kappa shape index (κ1) is 27.5. The fraction of sp³-hybridized carbons (Fsp3) is 0.750. The van der Waals surface area contributed by atoms with Gasteiger partial charge in [0.2, 0.25) is 0 Å². The van der Waals surface area contributed by atoms with E-state index in [1.165, 1.54) is 20.8 Å². The second-order valence-corrected chi connectivity index (χ2v) is 7.56. The number of amides is 1. The standard InChI is InChI=1S/C16H22F7NO4S/c1-5-10(25)28-14(15(19,20)21,11(26)24-12(2,3)4)27-9-7-6-8-13(17,18)16(22,23)29/h5,29H,1,6-9H2,2-4H3,(H,24,26). The highest BCUT2D eigenvalue weighted by molar-refractivity contribution is 7.81. The van der Waals surface area contributed by atoms with Crippen molar-refractivity contribution < 1.29 is 49.8 Å². The summed E-state index contributed by atoms with van der Waals surface area (Å²) in [6.45, 7) is 5.97. The van der Waals surface area contributed by atoms with Crippen LogP contribution in [0, 0.1) is 0 Å². The van der Waals surface area contributed by atoms with E-state index >= 15 is 0 Å². The van der Waals surface area contributed by atoms with Crippen LogP contribution in [0.1, 0.15) is 40.0 Å². The minimum atomic E-state index is -5.55. The molecule has 1 atom stereocenters. The van der Waals surface area contributed by atoms with Crippen molar-refractivity contribution in [3.63, 3.8) is 0 Å². The van der Waals surface area contributed by atoms with Gasteiger partial charge in [-0.05, 0) is 33.6 Å². The molecule has 1 amide bonds. The summed E-state index contributed by atoms with van der Waals surface area (Å²) in [6, 6.07) is 0. The number of alkyl halides is 7. The predicted molar refractivity (Wildman–Crippen MR) is 91.7 cm³/mol. The Kier molecular flexibility index (Phi) is 9.05. The van der Waals surface area contributed by atoms with E-state index in [0.29, 0.717) is 6.08 Å². The zero-order valence-corrected chi connectivity index (χ0v) is 16.7. The van der Waals surface area contributed by atoms with Gasteiger partial charge in [-0.3, -0.25) is 4.79 Å². The molecule has 0 heterocycles. The van der Waals surface area contributed by atoms with Gasteiger partial charge < -0.3 is 14.8 Å². The van der Waals surface area contributed by atoms with E-state index < -0.39 is 66.4 Å². The van der Waals surface area contributed by atoms with Gasteiger partial charge in [-0.15, -0.1) is 0 Å². The molecule has 0 aliphatic heterocycles. The molecule has 0 rings (SSSR count). The number of nitrogens with one attached hydrogen (secondary N) is 1. The molecule has 0 radical (unpaired) electrons. The number of hydrogen-bond acceptors (Lipinski definition) is 5. The van der Waals surface area contributed by atoms with Crippen molar-refractivity contribution in [1.29, 1.82) is 0 Å². The van der Waals surface area contributed by atoms with Crippen molar-refractivity contribution in [2.75, 3.05) is 6.61 Å². The molecule has 170 valence electrons. The third-order valence-electron chi connectivity index (χ3n) is 3.20. The van der Waals surface area contributed by atoms with Crippen LogP contribution >= 0.6 is 12.6 Å². The van der Waals surface area contributed by atoms with Crippen molar-refractivity contribution in [3.8, 4) is 0 Å². The fourth-order valence-electron chi connectivity index (χ4n) is 1.83. The molecule has 0 aliphatic carbocycles. The summed E-state index contributed by atoms with van der Waals surface area (Å²) in [5, 5.41) is -2.66. The summed E-state index contributed by atoms with van der Waals surface area (Å²) in [4.78, 5) is 23.6. The van der Waals surface area contributed by atoms with E-state index in [0.717, 1.165) is 0 Å². The monoisotopic (exact) mass is 457 g/mol. The van der Waals surface area contributed by atoms with Crippen LogP contribution in [0.3, 0.4) is 0 Å². The van der Waals surface area contributed by atoms with Gasteiger partial charge in [0, 0.05) is 18.0 Å². The Morgan fingerprint density at radius 1 is 1.03 bits per heavy atom. The van der Waals surface area contributed by atoms with Crippen LogP contribution in [-0.4, -0.2) is 47.2 Å². The van der Waals surface area contributed by atoms with Crippen LogP contribution in [-0.2, 0) is 19.1 Å². The lowest BCUT2D eigenvalue weighted by atomic mass is 10.1. The molecule has 5 nitrogen and oxygen atoms in total. The SMILES string of the molecule is C=CC(=O)OC(OCCCCC(F)(F)C(F)(F)S)(C(=O)NC(C)(C)C)C(F)(F)F. The zero-order chi connectivity index (χ0) is 23.3. The molecule has 0 saturated carbocycles. The number of hydrogen-bond donors (Lipinski definition) is 2. The van der Waals surface area contributed by atoms with E-state index in [1.807, 2.05) is 5.32 Å². The van der Waals surface area contributed by atoms with Gasteiger partial charge in [0.05, 0.1) is 6.61 Å². The lowest BCUT2D eigenvalue weighted by molar-refractivity contribution is -0.347. The molecular formula is C16H22F7NO4S. The molecule has 0 aromatic rings. The average Bonchev–Trinajstić information content (AvgIpc) is 2.48. The fourth-order valence-corrected chi connectivity index (χ4v) is 1.94. The van der Waals surface area contributed by atoms with Gasteiger partial charge in [-0.25, -0.2) is 4.79 Å². The number of thiol groups is 1. The molecule has 0 aliphatic rings. The van der Waals surface area contributed by atoms with Crippen molar-refractivity contribution in [1.82, 2.24) is 5.32 Å². The lowest BCUT2D eigenvalue weighted by Crippen LogP contribution is -2.64. The summed E-state index contributed by atoms with van der Waals surface area (Å²) in [5.41, 5.74) is -1.18. The van der Waals surface area contributed by atoms with Gasteiger partial charge in [0.1, 0.15) is 0 Å². The molecule has 1 N–H and O–H groups in total. The van der Waals surface area contributed by atoms with Gasteiger partial charge in [-0.1, -0.05) is 19.2 Å². The topological polar surface area (TPSA) is 64.6 Å². The lowest BCUT2D eigenvalue weighted by Gasteiger charge is -2.35. The van der Waals surface area contributed by atoms with Crippen molar-refractivity contribution >= 4 is 24.5 Å². The Hall–Kier alpha value is -1.50. The van der Waals surface area contributed by atoms with Crippen LogP contribution in [0.25, 0.3) is 0 Å². The van der Waals surface area contributed by atoms with Crippen LogP contribution in [0.15, 0.2) is 12.7 Å². The minimum absolute atomic E-state index is 0.365. The summed E-state index contributed by atoms with van der Waals surface area (Å²) in [5.74, 6) is -12.1. The number of rotatable bonds is 10. The second kappa shape index (κ2) is 9.54. The second-order valence-electron chi connectivity index (χ2n) is 6.99. The third-order valence-corrected chi connectivity index (χ3v) is 3.53. The van der Waals surface area contributed by atoms with Crippen LogP contribution in [0.2, 0.25) is 0 Å². The predicted octanol–water partition coefficient (Wildman–Crippen LogP) is 4.23. The first-order valence-corrected chi connectivity index (χ1v) is 8.60. The summed E-state index contributed by atoms with van der Waals surface area (Å²) in [6.07, 6.45) is -7.85. The van der Waals surface area contributed by atoms with Gasteiger partial charge in [0.15, 0.2) is 0 Å². The van der Waals surface area contributed by atoms with Crippen molar-refractivity contribution in [3.05, 3.63) is 12.7 Å². The minimum Gasteiger partial charge on any atom is -0.412 e. The Morgan fingerprint density at radius 2 is 1.55 bits per heavy atom. The van der Waals surface area contributed by atoms with E-state index in [2.05, 4.69) is 28.7 Å². The van der Waals surface area contributed by atoms with Crippen molar-refractivity contribution in [2.24, 2.45) is 0 Å². The van der Waals surface area contributed by atoms with Crippen LogP contribution in [0.4, 0.5) is 30.7 Å². The van der Waals surface area contributed by atoms with E-state index in [-0.39, 0.29) is 0 Å². The molecule has 1 unspecified atom stereocenters. The quantitative estimate of drug-likeness (QED) is 0.129. The Bertz CT molecular complexity index is 600. The van der Waals surface area contributed by atoms with Gasteiger partial charge in [0.25, 0.3) is 0 Å². The van der Waals surface area contributed by atoms with Gasteiger partial charge in [-0.2, -0.15) is 30.7 Å². The van der Waals surface area contributed by atoms with E-state index in [1.54, 1.807) is 0 Å². The normalized spacial score (nSPS) is 15.4. The molecule has 0 spiro atoms. The largest absolute Gasteiger partial charge is 0.466 e. The molecule has 0 aromatic carbocycles. The maximum absolute atomic E-state index is 13.6. The molecule has 13 heteroatoms. The molecular weight excluding hydrogens is 435 g/mol. The smallest absolute Gasteiger partial charge is 0.412 e. The Labute approximate surface area is 168 Å². The first-order valence-electron chi connectivity index (χ1n) is 8.16. The number of carbonyl (C=O) groups excluding carboxylic acids is 2. The van der Waals surface area contributed by atoms with E-state index in [9.17, 15) is 40.3 Å². The maximum atomic E-state index is 13.6. The maximum Gasteiger partial charge on any atom is 0.466 e. The number of carbonyl (C=O) groups is 2. The van der Waals surface area contributed by atoms with Crippen LogP contribution < -0.4 is 5.32 Å². The van der Waals surface area contributed by atoms with Gasteiger partial charge >= 0.3 is 35.0 Å². The summed E-state index contributed by atoms with van der Waals surface area (Å²) in [7, 11) is 0. The van der Waals surface area contributed by atoms with Crippen LogP contribution in [0.5, 0.6) is 0 Å². The Morgan fingerprint density at radius 3 is 1.93 bits per heavy atom. The highest BCUT2D eigenvalue weighted by Gasteiger charge is 2.66. The number of unbranched alkanes of at least 4 members (excludes halogenated alkanes) is 1. The van der Waals surface area contributed by atoms with E-state index in [4.69, 9.17) is 0 Å². The summed E-state index contributed by atoms with van der Waals surface area (Å²) < 4.78 is 101. The average molecular weight is 457 g/mol. The number of halogens is 7. The molecule has 29 heavy (non-hydrogen) atoms. The highest BCUT2D eigenvalue weighted by Crippen LogP contribution is 2.41.